The van der Waals surface area contributed by atoms with Gasteiger partial charge in [0.15, 0.2) is 0 Å². The second-order valence-electron chi connectivity index (χ2n) is 9.56. The highest BCUT2D eigenvalue weighted by Crippen LogP contribution is 2.32. The molecule has 4 amide bonds. The molecule has 2 aliphatic carbocycles. The van der Waals surface area contributed by atoms with E-state index in [0.29, 0.717) is 35.5 Å². The Morgan fingerprint density at radius 2 is 1.72 bits per heavy atom. The Labute approximate surface area is 194 Å². The van der Waals surface area contributed by atoms with Gasteiger partial charge in [0.2, 0.25) is 5.91 Å². The van der Waals surface area contributed by atoms with Gasteiger partial charge in [-0.2, -0.15) is 0 Å². The Morgan fingerprint density at radius 1 is 1.06 bits per heavy atom. The predicted molar refractivity (Wildman–Crippen MR) is 123 cm³/mol. The van der Waals surface area contributed by atoms with Crippen LogP contribution >= 0.6 is 11.6 Å². The fourth-order valence-corrected chi connectivity index (χ4v) is 5.60. The van der Waals surface area contributed by atoms with E-state index in [9.17, 15) is 14.4 Å². The largest absolute Gasteiger partial charge is 0.326 e. The maximum Gasteiger partial charge on any atom is 0.325 e. The molecule has 1 unspecified atom stereocenters. The van der Waals surface area contributed by atoms with Crippen molar-refractivity contribution in [1.29, 1.82) is 0 Å². The lowest BCUT2D eigenvalue weighted by Crippen LogP contribution is -2.49. The van der Waals surface area contributed by atoms with E-state index in [4.69, 9.17) is 11.6 Å². The summed E-state index contributed by atoms with van der Waals surface area (Å²) >= 11 is 5.90. The van der Waals surface area contributed by atoms with Crippen molar-refractivity contribution in [2.45, 2.75) is 89.1 Å². The minimum absolute atomic E-state index is 0.263. The second kappa shape index (κ2) is 10.6. The number of nitrogens with zero attached hydrogens (tertiary/aromatic N) is 2. The zero-order valence-corrected chi connectivity index (χ0v) is 19.3. The number of pyridine rings is 1. The topological polar surface area (TPSA) is 91.4 Å². The highest BCUT2D eigenvalue weighted by atomic mass is 35.5. The molecule has 0 spiro atoms. The number of nitrogens with one attached hydrogen (secondary N) is 2. The number of rotatable bonds is 7. The van der Waals surface area contributed by atoms with Crippen molar-refractivity contribution in [2.75, 3.05) is 5.32 Å². The van der Waals surface area contributed by atoms with Crippen LogP contribution in [0.5, 0.6) is 0 Å². The highest BCUT2D eigenvalue weighted by molar-refractivity contribution is 6.30. The normalized spacial score (nSPS) is 23.8. The number of carbonyl (C=O) groups excluding carboxylic acids is 3. The lowest BCUT2D eigenvalue weighted by molar-refractivity contribution is -0.134. The van der Waals surface area contributed by atoms with Crippen molar-refractivity contribution in [2.24, 2.45) is 11.8 Å². The molecular formula is C24H33ClN4O3. The molecule has 3 fully saturated rings. The number of imide groups is 1. The average molecular weight is 461 g/mol. The predicted octanol–water partition coefficient (Wildman–Crippen LogP) is 4.90. The van der Waals surface area contributed by atoms with Crippen LogP contribution in [-0.2, 0) is 9.59 Å². The minimum Gasteiger partial charge on any atom is -0.326 e. The van der Waals surface area contributed by atoms with Crippen molar-refractivity contribution in [3.05, 3.63) is 23.4 Å². The Balaban J connectivity index is 1.49. The molecule has 7 nitrogen and oxygen atoms in total. The van der Waals surface area contributed by atoms with Crippen molar-refractivity contribution in [3.8, 4) is 0 Å². The molecule has 2 atom stereocenters. The molecule has 2 heterocycles. The van der Waals surface area contributed by atoms with E-state index in [-0.39, 0.29) is 11.8 Å². The number of anilines is 1. The van der Waals surface area contributed by atoms with Gasteiger partial charge in [-0.15, -0.1) is 0 Å². The van der Waals surface area contributed by atoms with Crippen LogP contribution in [0.2, 0.25) is 5.02 Å². The lowest BCUT2D eigenvalue weighted by atomic mass is 9.83. The average Bonchev–Trinajstić information content (AvgIpc) is 3.07. The Hall–Kier alpha value is -2.15. The van der Waals surface area contributed by atoms with Gasteiger partial charge < -0.3 is 10.6 Å². The Kier molecular flexibility index (Phi) is 7.66. The van der Waals surface area contributed by atoms with Gasteiger partial charge in [-0.1, -0.05) is 75.8 Å². The third kappa shape index (κ3) is 5.61. The summed E-state index contributed by atoms with van der Waals surface area (Å²) in [5.41, 5.74) is 0. The first kappa shape index (κ1) is 23.0. The molecule has 2 saturated carbocycles. The summed E-state index contributed by atoms with van der Waals surface area (Å²) in [6.45, 7) is 0. The van der Waals surface area contributed by atoms with Crippen molar-refractivity contribution < 1.29 is 14.4 Å². The van der Waals surface area contributed by atoms with Crippen molar-refractivity contribution in [1.82, 2.24) is 15.2 Å². The van der Waals surface area contributed by atoms with Gasteiger partial charge in [0.1, 0.15) is 17.9 Å². The third-order valence-corrected chi connectivity index (χ3v) is 7.44. The third-order valence-electron chi connectivity index (χ3n) is 7.22. The molecule has 1 aliphatic heterocycles. The zero-order valence-electron chi connectivity index (χ0n) is 18.5. The number of halogens is 1. The SMILES string of the molecule is O=C(Nc1ccc(Cl)cn1)[C@H](CC1CCCCC1)N1C(=O)NC(CC2CCCCC2)C1=O. The van der Waals surface area contributed by atoms with Gasteiger partial charge in [0.25, 0.3) is 5.91 Å². The molecule has 0 aromatic carbocycles. The van der Waals surface area contributed by atoms with Gasteiger partial charge in [-0.05, 0) is 36.8 Å². The fraction of sp³-hybridized carbons (Fsp3) is 0.667. The summed E-state index contributed by atoms with van der Waals surface area (Å²) in [4.78, 5) is 44.8. The summed E-state index contributed by atoms with van der Waals surface area (Å²) in [6.07, 6.45) is 14.0. The summed E-state index contributed by atoms with van der Waals surface area (Å²) in [6, 6.07) is 1.46. The molecule has 2 N–H and O–H groups in total. The molecule has 32 heavy (non-hydrogen) atoms. The lowest BCUT2D eigenvalue weighted by Gasteiger charge is -2.30. The molecule has 3 aliphatic rings. The first-order valence-electron chi connectivity index (χ1n) is 12.1. The van der Waals surface area contributed by atoms with Gasteiger partial charge in [0, 0.05) is 6.20 Å². The van der Waals surface area contributed by atoms with Crippen LogP contribution in [0.1, 0.15) is 77.0 Å². The molecular weight excluding hydrogens is 428 g/mol. The van der Waals surface area contributed by atoms with Crippen LogP contribution in [0.15, 0.2) is 18.3 Å². The number of hydrogen-bond acceptors (Lipinski definition) is 4. The second-order valence-corrected chi connectivity index (χ2v) is 9.99. The molecule has 1 saturated heterocycles. The van der Waals surface area contributed by atoms with Crippen LogP contribution in [-0.4, -0.2) is 39.8 Å². The minimum atomic E-state index is -0.834. The van der Waals surface area contributed by atoms with E-state index in [1.165, 1.54) is 36.8 Å². The number of urea groups is 1. The van der Waals surface area contributed by atoms with Crippen LogP contribution in [0.25, 0.3) is 0 Å². The maximum absolute atomic E-state index is 13.3. The van der Waals surface area contributed by atoms with Crippen LogP contribution < -0.4 is 10.6 Å². The van der Waals surface area contributed by atoms with Gasteiger partial charge in [0.05, 0.1) is 5.02 Å². The molecule has 4 rings (SSSR count). The molecule has 8 heteroatoms. The van der Waals surface area contributed by atoms with Gasteiger partial charge in [-0.3, -0.25) is 9.59 Å². The Bertz CT molecular complexity index is 819. The Morgan fingerprint density at radius 3 is 2.34 bits per heavy atom. The van der Waals surface area contributed by atoms with Crippen LogP contribution in [0.4, 0.5) is 10.6 Å². The zero-order chi connectivity index (χ0) is 22.5. The fourth-order valence-electron chi connectivity index (χ4n) is 5.49. The van der Waals surface area contributed by atoms with Gasteiger partial charge in [-0.25, -0.2) is 14.7 Å². The van der Waals surface area contributed by atoms with E-state index < -0.39 is 18.1 Å². The summed E-state index contributed by atoms with van der Waals surface area (Å²) in [7, 11) is 0. The quantitative estimate of drug-likeness (QED) is 0.566. The smallest absolute Gasteiger partial charge is 0.325 e. The first-order valence-corrected chi connectivity index (χ1v) is 12.4. The molecule has 1 aromatic heterocycles. The van der Waals surface area contributed by atoms with Crippen molar-refractivity contribution >= 4 is 35.3 Å². The molecule has 174 valence electrons. The molecule has 1 aromatic rings. The summed E-state index contributed by atoms with van der Waals surface area (Å²) < 4.78 is 0. The van der Waals surface area contributed by atoms with Crippen molar-refractivity contribution in [3.63, 3.8) is 0 Å². The van der Waals surface area contributed by atoms with Gasteiger partial charge >= 0.3 is 6.03 Å². The van der Waals surface area contributed by atoms with E-state index in [1.807, 2.05) is 0 Å². The van der Waals surface area contributed by atoms with E-state index in [2.05, 4.69) is 15.6 Å². The van der Waals surface area contributed by atoms with E-state index in [0.717, 1.165) is 38.5 Å². The number of hydrogen-bond donors (Lipinski definition) is 2. The number of carbonyl (C=O) groups is 3. The van der Waals surface area contributed by atoms with E-state index in [1.54, 1.807) is 12.1 Å². The van der Waals surface area contributed by atoms with Crippen LogP contribution in [0, 0.1) is 11.8 Å². The summed E-state index contributed by atoms with van der Waals surface area (Å²) in [5, 5.41) is 6.13. The number of amides is 4. The highest BCUT2D eigenvalue weighted by Gasteiger charge is 2.45. The monoisotopic (exact) mass is 460 g/mol. The number of aromatic nitrogens is 1. The molecule has 0 radical (unpaired) electrons. The first-order chi connectivity index (χ1) is 15.5. The maximum atomic E-state index is 13.3. The summed E-state index contributed by atoms with van der Waals surface area (Å²) in [5.74, 6) is 0.518. The van der Waals surface area contributed by atoms with Crippen LogP contribution in [0.3, 0.4) is 0 Å². The molecule has 0 bridgehead atoms. The standard InChI is InChI=1S/C24H33ClN4O3/c25-18-11-12-21(26-15-18)28-22(30)20(14-17-9-5-2-6-10-17)29-23(31)19(27-24(29)32)13-16-7-3-1-4-8-16/h11-12,15-17,19-20H,1-10,13-14H2,(H,27,32)(H,26,28,30)/t19?,20-/m0/s1. The van der Waals surface area contributed by atoms with E-state index >= 15 is 0 Å².